The van der Waals surface area contributed by atoms with Crippen molar-refractivity contribution >= 4 is 11.6 Å². The van der Waals surface area contributed by atoms with E-state index in [9.17, 15) is 14.9 Å². The fourth-order valence-corrected chi connectivity index (χ4v) is 1.89. The van der Waals surface area contributed by atoms with Crippen molar-refractivity contribution in [1.82, 2.24) is 9.88 Å². The number of rotatable bonds is 8. The average molecular weight is 283 g/mol. The van der Waals surface area contributed by atoms with Crippen LogP contribution in [0.5, 0.6) is 0 Å². The molecule has 7 heteroatoms. The van der Waals surface area contributed by atoms with Gasteiger partial charge in [-0.15, -0.1) is 0 Å². The van der Waals surface area contributed by atoms with E-state index in [0.29, 0.717) is 25.2 Å². The number of aryl methyl sites for hydroxylation is 1. The summed E-state index contributed by atoms with van der Waals surface area (Å²) in [6, 6.07) is 1.29. The minimum atomic E-state index is -0.503. The molecular formula is C13H21N3O4. The van der Waals surface area contributed by atoms with Gasteiger partial charge < -0.3 is 15.0 Å². The molecule has 1 heterocycles. The van der Waals surface area contributed by atoms with Crippen LogP contribution in [0.3, 0.4) is 0 Å². The van der Waals surface area contributed by atoms with Crippen molar-refractivity contribution in [1.29, 1.82) is 0 Å². The second kappa shape index (κ2) is 7.64. The fourth-order valence-electron chi connectivity index (χ4n) is 1.89. The molecule has 112 valence electrons. The van der Waals surface area contributed by atoms with Crippen LogP contribution in [0.25, 0.3) is 0 Å². The Kier molecular flexibility index (Phi) is 6.17. The van der Waals surface area contributed by atoms with Gasteiger partial charge in [0.1, 0.15) is 5.69 Å². The molecule has 1 aromatic rings. The molecule has 0 bridgehead atoms. The summed E-state index contributed by atoms with van der Waals surface area (Å²) >= 11 is 0. The molecule has 0 radical (unpaired) electrons. The monoisotopic (exact) mass is 283 g/mol. The minimum absolute atomic E-state index is 0.0768. The summed E-state index contributed by atoms with van der Waals surface area (Å²) in [6.07, 6.45) is 2.78. The van der Waals surface area contributed by atoms with Crippen LogP contribution in [0.15, 0.2) is 12.3 Å². The Morgan fingerprint density at radius 3 is 2.85 bits per heavy atom. The van der Waals surface area contributed by atoms with Crippen molar-refractivity contribution in [3.8, 4) is 0 Å². The van der Waals surface area contributed by atoms with E-state index in [2.05, 4.69) is 5.32 Å². The third-order valence-corrected chi connectivity index (χ3v) is 3.02. The quantitative estimate of drug-likeness (QED) is 0.558. The third kappa shape index (κ3) is 4.34. The van der Waals surface area contributed by atoms with Crippen LogP contribution < -0.4 is 5.32 Å². The molecule has 0 aliphatic carbocycles. The van der Waals surface area contributed by atoms with E-state index in [0.717, 1.165) is 6.42 Å². The van der Waals surface area contributed by atoms with Crippen molar-refractivity contribution < 1.29 is 14.8 Å². The highest BCUT2D eigenvalue weighted by Crippen LogP contribution is 2.17. The number of aromatic nitrogens is 1. The minimum Gasteiger partial charge on any atom is -0.396 e. The van der Waals surface area contributed by atoms with E-state index in [4.69, 9.17) is 5.11 Å². The molecule has 0 aliphatic heterocycles. The van der Waals surface area contributed by atoms with Crippen LogP contribution in [0.4, 0.5) is 5.69 Å². The highest BCUT2D eigenvalue weighted by atomic mass is 16.6. The zero-order chi connectivity index (χ0) is 15.1. The SMILES string of the molecule is CCCn1cc([N+](=O)[O-])cc1C(=O)NCC(C)CCO. The van der Waals surface area contributed by atoms with E-state index >= 15 is 0 Å². The highest BCUT2D eigenvalue weighted by molar-refractivity contribution is 5.93. The normalized spacial score (nSPS) is 12.2. The average Bonchev–Trinajstić information content (AvgIpc) is 2.81. The zero-order valence-corrected chi connectivity index (χ0v) is 11.8. The molecule has 0 aromatic carbocycles. The largest absolute Gasteiger partial charge is 0.396 e. The topological polar surface area (TPSA) is 97.4 Å². The maximum absolute atomic E-state index is 12.1. The molecule has 1 rings (SSSR count). The standard InChI is InChI=1S/C13H21N3O4/c1-3-5-15-9-11(16(19)20)7-12(15)13(18)14-8-10(2)4-6-17/h7,9-10,17H,3-6,8H2,1-2H3,(H,14,18). The molecule has 20 heavy (non-hydrogen) atoms. The molecular weight excluding hydrogens is 262 g/mol. The number of carbonyl (C=O) groups is 1. The molecule has 0 fully saturated rings. The second-order valence-electron chi connectivity index (χ2n) is 4.86. The van der Waals surface area contributed by atoms with Gasteiger partial charge in [0.05, 0.1) is 11.1 Å². The maximum Gasteiger partial charge on any atom is 0.287 e. The Hall–Kier alpha value is -1.89. The van der Waals surface area contributed by atoms with Crippen molar-refractivity contribution in [2.75, 3.05) is 13.2 Å². The maximum atomic E-state index is 12.1. The van der Waals surface area contributed by atoms with Crippen molar-refractivity contribution in [2.24, 2.45) is 5.92 Å². The van der Waals surface area contributed by atoms with Crippen LogP contribution in [0, 0.1) is 16.0 Å². The van der Waals surface area contributed by atoms with Gasteiger partial charge in [-0.1, -0.05) is 13.8 Å². The lowest BCUT2D eigenvalue weighted by molar-refractivity contribution is -0.384. The lowest BCUT2D eigenvalue weighted by Crippen LogP contribution is -2.30. The van der Waals surface area contributed by atoms with E-state index in [1.54, 1.807) is 4.57 Å². The van der Waals surface area contributed by atoms with Gasteiger partial charge in [0, 0.05) is 25.8 Å². The molecule has 0 saturated heterocycles. The van der Waals surface area contributed by atoms with Crippen molar-refractivity contribution in [3.63, 3.8) is 0 Å². The first-order valence-corrected chi connectivity index (χ1v) is 6.73. The molecule has 1 unspecified atom stereocenters. The molecule has 1 atom stereocenters. The van der Waals surface area contributed by atoms with Gasteiger partial charge in [0.25, 0.3) is 11.6 Å². The van der Waals surface area contributed by atoms with Crippen LogP contribution in [-0.2, 0) is 6.54 Å². The zero-order valence-electron chi connectivity index (χ0n) is 11.8. The summed E-state index contributed by atoms with van der Waals surface area (Å²) in [7, 11) is 0. The lowest BCUT2D eigenvalue weighted by atomic mass is 10.1. The Balaban J connectivity index is 2.77. The van der Waals surface area contributed by atoms with Crippen LogP contribution >= 0.6 is 0 Å². The molecule has 1 amide bonds. The van der Waals surface area contributed by atoms with E-state index in [1.807, 2.05) is 13.8 Å². The van der Waals surface area contributed by atoms with E-state index < -0.39 is 4.92 Å². The lowest BCUT2D eigenvalue weighted by Gasteiger charge is -2.12. The Morgan fingerprint density at radius 1 is 1.60 bits per heavy atom. The van der Waals surface area contributed by atoms with E-state index in [1.165, 1.54) is 12.3 Å². The second-order valence-corrected chi connectivity index (χ2v) is 4.86. The number of aliphatic hydroxyl groups is 1. The summed E-state index contributed by atoms with van der Waals surface area (Å²) in [4.78, 5) is 22.3. The Labute approximate surface area is 117 Å². The van der Waals surface area contributed by atoms with Gasteiger partial charge in [0.15, 0.2) is 0 Å². The molecule has 0 spiro atoms. The molecule has 1 aromatic heterocycles. The number of aliphatic hydroxyl groups excluding tert-OH is 1. The Morgan fingerprint density at radius 2 is 2.30 bits per heavy atom. The molecule has 0 aliphatic rings. The number of hydrogen-bond acceptors (Lipinski definition) is 4. The first-order valence-electron chi connectivity index (χ1n) is 6.73. The van der Waals surface area contributed by atoms with Gasteiger partial charge in [0.2, 0.25) is 0 Å². The first-order chi connectivity index (χ1) is 9.49. The van der Waals surface area contributed by atoms with Gasteiger partial charge in [-0.25, -0.2) is 0 Å². The number of carbonyl (C=O) groups excluding carboxylic acids is 1. The highest BCUT2D eigenvalue weighted by Gasteiger charge is 2.19. The Bertz CT molecular complexity index is 470. The predicted octanol–water partition coefficient (Wildman–Crippen LogP) is 1.55. The van der Waals surface area contributed by atoms with Crippen LogP contribution in [0.2, 0.25) is 0 Å². The summed E-state index contributed by atoms with van der Waals surface area (Å²) in [6.45, 7) is 4.93. The number of nitrogens with one attached hydrogen (secondary N) is 1. The van der Waals surface area contributed by atoms with Crippen LogP contribution in [-0.4, -0.2) is 33.7 Å². The summed E-state index contributed by atoms with van der Waals surface area (Å²) in [5, 5.41) is 22.3. The number of nitrogens with zero attached hydrogens (tertiary/aromatic N) is 2. The van der Waals surface area contributed by atoms with Gasteiger partial charge in [-0.05, 0) is 18.8 Å². The summed E-state index contributed by atoms with van der Waals surface area (Å²) < 4.78 is 1.60. The van der Waals surface area contributed by atoms with Crippen molar-refractivity contribution in [3.05, 3.63) is 28.1 Å². The first kappa shape index (κ1) is 16.2. The van der Waals surface area contributed by atoms with Crippen molar-refractivity contribution in [2.45, 2.75) is 33.2 Å². The van der Waals surface area contributed by atoms with E-state index in [-0.39, 0.29) is 24.1 Å². The number of amides is 1. The molecule has 2 N–H and O–H groups in total. The third-order valence-electron chi connectivity index (χ3n) is 3.02. The van der Waals surface area contributed by atoms with Gasteiger partial charge in [-0.3, -0.25) is 14.9 Å². The predicted molar refractivity (Wildman–Crippen MR) is 74.6 cm³/mol. The molecule has 0 saturated carbocycles. The number of nitro groups is 1. The fraction of sp³-hybridized carbons (Fsp3) is 0.615. The summed E-state index contributed by atoms with van der Waals surface area (Å²) in [5.41, 5.74) is 0.224. The van der Waals surface area contributed by atoms with Crippen LogP contribution in [0.1, 0.15) is 37.2 Å². The van der Waals surface area contributed by atoms with Gasteiger partial charge in [-0.2, -0.15) is 0 Å². The molecule has 7 nitrogen and oxygen atoms in total. The van der Waals surface area contributed by atoms with Gasteiger partial charge >= 0.3 is 0 Å². The smallest absolute Gasteiger partial charge is 0.287 e. The summed E-state index contributed by atoms with van der Waals surface area (Å²) in [5.74, 6) is -0.162. The number of hydrogen-bond donors (Lipinski definition) is 2.